The molecule has 4 fully saturated rings. The highest BCUT2D eigenvalue weighted by Crippen LogP contribution is 2.60. The number of hydrogen-bond donors (Lipinski definition) is 2. The first kappa shape index (κ1) is 12.0. The van der Waals surface area contributed by atoms with Crippen LogP contribution in [0.5, 0.6) is 0 Å². The normalized spacial score (nSPS) is 37.9. The third kappa shape index (κ3) is 1.54. The highest BCUT2D eigenvalue weighted by atomic mass is 15.0. The molecule has 0 atom stereocenters. The molecule has 4 aliphatic rings. The first-order valence-electron chi connectivity index (χ1n) is 7.43. The zero-order chi connectivity index (χ0) is 13.9. The molecule has 0 radical (unpaired) electrons. The molecule has 1 aromatic heterocycles. The summed E-state index contributed by atoms with van der Waals surface area (Å²) in [6.45, 7) is 0. The quantitative estimate of drug-likeness (QED) is 0.811. The molecular formula is C15H19N5. The Labute approximate surface area is 118 Å². The Balaban J connectivity index is 1.87. The number of rotatable bonds is 1. The minimum absolute atomic E-state index is 0.0327. The minimum atomic E-state index is 0.0327. The lowest BCUT2D eigenvalue weighted by atomic mass is 9.48. The van der Waals surface area contributed by atoms with Gasteiger partial charge in [-0.05, 0) is 56.3 Å². The lowest BCUT2D eigenvalue weighted by Gasteiger charge is -2.56. The Hall–Kier alpha value is -1.83. The summed E-state index contributed by atoms with van der Waals surface area (Å²) in [6.07, 6.45) is 7.50. The van der Waals surface area contributed by atoms with Gasteiger partial charge in [-0.25, -0.2) is 4.98 Å². The van der Waals surface area contributed by atoms with Gasteiger partial charge in [-0.15, -0.1) is 0 Å². The Bertz CT molecular complexity index is 580. The number of nitriles is 1. The second kappa shape index (κ2) is 3.85. The number of nitrogen functional groups attached to an aromatic ring is 2. The van der Waals surface area contributed by atoms with Gasteiger partial charge in [0.2, 0.25) is 5.95 Å². The van der Waals surface area contributed by atoms with Gasteiger partial charge in [0.05, 0.1) is 5.69 Å². The van der Waals surface area contributed by atoms with Gasteiger partial charge >= 0.3 is 0 Å². The summed E-state index contributed by atoms with van der Waals surface area (Å²) in [7, 11) is 0. The molecule has 4 bridgehead atoms. The van der Waals surface area contributed by atoms with Crippen LogP contribution in [0.2, 0.25) is 0 Å². The number of hydrogen-bond acceptors (Lipinski definition) is 5. The number of aromatic nitrogens is 2. The van der Waals surface area contributed by atoms with E-state index in [0.717, 1.165) is 42.7 Å². The zero-order valence-corrected chi connectivity index (χ0v) is 11.5. The van der Waals surface area contributed by atoms with Crippen LogP contribution < -0.4 is 11.5 Å². The second-order valence-electron chi connectivity index (χ2n) is 7.00. The number of nitrogens with two attached hydrogens (primary N) is 2. The first-order valence-corrected chi connectivity index (χ1v) is 7.43. The van der Waals surface area contributed by atoms with Crippen molar-refractivity contribution in [1.29, 1.82) is 5.26 Å². The molecule has 1 aromatic rings. The summed E-state index contributed by atoms with van der Waals surface area (Å²) in [5, 5.41) is 9.44. The molecule has 4 saturated carbocycles. The fourth-order valence-electron chi connectivity index (χ4n) is 5.39. The molecule has 4 aliphatic carbocycles. The average molecular weight is 269 g/mol. The van der Waals surface area contributed by atoms with Gasteiger partial charge in [0, 0.05) is 5.41 Å². The predicted molar refractivity (Wildman–Crippen MR) is 75.4 cm³/mol. The topological polar surface area (TPSA) is 102 Å². The molecule has 0 saturated heterocycles. The average Bonchev–Trinajstić information content (AvgIpc) is 2.36. The van der Waals surface area contributed by atoms with Crippen molar-refractivity contribution in [3.05, 3.63) is 11.3 Å². The molecule has 5 nitrogen and oxygen atoms in total. The second-order valence-corrected chi connectivity index (χ2v) is 7.00. The van der Waals surface area contributed by atoms with E-state index >= 15 is 0 Å². The third-order valence-electron chi connectivity index (χ3n) is 5.61. The van der Waals surface area contributed by atoms with Crippen molar-refractivity contribution in [1.82, 2.24) is 9.97 Å². The molecule has 0 aromatic carbocycles. The summed E-state index contributed by atoms with van der Waals surface area (Å²) < 4.78 is 0. The van der Waals surface area contributed by atoms with Crippen molar-refractivity contribution in [3.63, 3.8) is 0 Å². The van der Waals surface area contributed by atoms with Crippen LogP contribution in [0.25, 0.3) is 0 Å². The third-order valence-corrected chi connectivity index (χ3v) is 5.61. The van der Waals surface area contributed by atoms with E-state index in [1.54, 1.807) is 0 Å². The van der Waals surface area contributed by atoms with Gasteiger partial charge in [0.1, 0.15) is 17.5 Å². The smallest absolute Gasteiger partial charge is 0.222 e. The highest BCUT2D eigenvalue weighted by Gasteiger charge is 2.53. The maximum atomic E-state index is 9.44. The van der Waals surface area contributed by atoms with Crippen LogP contribution >= 0.6 is 0 Å². The Kier molecular flexibility index (Phi) is 2.30. The van der Waals surface area contributed by atoms with Gasteiger partial charge in [-0.3, -0.25) is 0 Å². The van der Waals surface area contributed by atoms with Crippen LogP contribution in [-0.2, 0) is 5.41 Å². The molecule has 0 unspecified atom stereocenters. The monoisotopic (exact) mass is 269 g/mol. The molecule has 5 rings (SSSR count). The summed E-state index contributed by atoms with van der Waals surface area (Å²) in [6, 6.07) is 2.21. The molecule has 5 heteroatoms. The Morgan fingerprint density at radius 3 is 2.05 bits per heavy atom. The van der Waals surface area contributed by atoms with Crippen LogP contribution in [0, 0.1) is 29.1 Å². The van der Waals surface area contributed by atoms with Crippen LogP contribution in [0.15, 0.2) is 0 Å². The van der Waals surface area contributed by atoms with Crippen LogP contribution in [0.3, 0.4) is 0 Å². The van der Waals surface area contributed by atoms with Crippen LogP contribution in [-0.4, -0.2) is 9.97 Å². The van der Waals surface area contributed by atoms with Gasteiger partial charge in [0.15, 0.2) is 0 Å². The Morgan fingerprint density at radius 1 is 1.00 bits per heavy atom. The fraction of sp³-hybridized carbons (Fsp3) is 0.667. The van der Waals surface area contributed by atoms with Gasteiger partial charge < -0.3 is 11.5 Å². The van der Waals surface area contributed by atoms with Gasteiger partial charge in [-0.2, -0.15) is 10.2 Å². The van der Waals surface area contributed by atoms with Gasteiger partial charge in [-0.1, -0.05) is 0 Å². The van der Waals surface area contributed by atoms with Crippen molar-refractivity contribution in [2.45, 2.75) is 43.9 Å². The van der Waals surface area contributed by atoms with Crippen molar-refractivity contribution in [2.75, 3.05) is 11.5 Å². The Morgan fingerprint density at radius 2 is 1.55 bits per heavy atom. The van der Waals surface area contributed by atoms with Crippen molar-refractivity contribution in [3.8, 4) is 6.07 Å². The van der Waals surface area contributed by atoms with E-state index in [2.05, 4.69) is 16.0 Å². The largest absolute Gasteiger partial charge is 0.382 e. The SMILES string of the molecule is N#Cc1c(N)nc(N)nc1C12CC3CC(CC(C3)C1)C2. The summed E-state index contributed by atoms with van der Waals surface area (Å²) in [5.74, 6) is 2.83. The van der Waals surface area contributed by atoms with E-state index in [0.29, 0.717) is 5.56 Å². The lowest BCUT2D eigenvalue weighted by molar-refractivity contribution is -0.00728. The molecule has 0 aliphatic heterocycles. The molecule has 1 heterocycles. The lowest BCUT2D eigenvalue weighted by Crippen LogP contribution is -2.49. The van der Waals surface area contributed by atoms with E-state index < -0.39 is 0 Å². The zero-order valence-electron chi connectivity index (χ0n) is 11.5. The van der Waals surface area contributed by atoms with Gasteiger partial charge in [0.25, 0.3) is 0 Å². The molecule has 104 valence electrons. The summed E-state index contributed by atoms with van der Waals surface area (Å²) in [5.41, 5.74) is 13.0. The minimum Gasteiger partial charge on any atom is -0.382 e. The summed E-state index contributed by atoms with van der Waals surface area (Å²) in [4.78, 5) is 8.41. The van der Waals surface area contributed by atoms with E-state index in [-0.39, 0.29) is 17.2 Å². The predicted octanol–water partition coefficient (Wildman–Crippen LogP) is 1.98. The van der Waals surface area contributed by atoms with Crippen LogP contribution in [0.4, 0.5) is 11.8 Å². The maximum absolute atomic E-state index is 9.44. The number of anilines is 2. The summed E-state index contributed by atoms with van der Waals surface area (Å²) >= 11 is 0. The van der Waals surface area contributed by atoms with Crippen LogP contribution in [0.1, 0.15) is 49.8 Å². The maximum Gasteiger partial charge on any atom is 0.222 e. The molecular weight excluding hydrogens is 250 g/mol. The van der Waals surface area contributed by atoms with Crippen molar-refractivity contribution < 1.29 is 0 Å². The van der Waals surface area contributed by atoms with Crippen molar-refractivity contribution in [2.24, 2.45) is 17.8 Å². The van der Waals surface area contributed by atoms with E-state index in [1.165, 1.54) is 19.3 Å². The van der Waals surface area contributed by atoms with E-state index in [9.17, 15) is 5.26 Å². The molecule has 0 spiro atoms. The van der Waals surface area contributed by atoms with E-state index in [4.69, 9.17) is 11.5 Å². The fourth-order valence-corrected chi connectivity index (χ4v) is 5.39. The molecule has 4 N–H and O–H groups in total. The number of nitrogens with zero attached hydrogens (tertiary/aromatic N) is 3. The van der Waals surface area contributed by atoms with Crippen molar-refractivity contribution >= 4 is 11.8 Å². The molecule has 0 amide bonds. The standard InChI is InChI=1S/C15H19N5/c16-7-11-12(19-14(18)20-13(11)17)15-4-8-1-9(5-15)3-10(2-8)6-15/h8-10H,1-6H2,(H4,17,18,19,20). The first-order chi connectivity index (χ1) is 9.59. The highest BCUT2D eigenvalue weighted by molar-refractivity contribution is 5.55. The molecule has 20 heavy (non-hydrogen) atoms. The van der Waals surface area contributed by atoms with E-state index in [1.807, 2.05) is 0 Å².